The van der Waals surface area contributed by atoms with Crippen LogP contribution in [0.5, 0.6) is 0 Å². The van der Waals surface area contributed by atoms with Gasteiger partial charge in [0.25, 0.3) is 5.56 Å². The Bertz CT molecular complexity index is 1940. The van der Waals surface area contributed by atoms with E-state index < -0.39 is 23.9 Å². The molecule has 2 fully saturated rings. The zero-order valence-corrected chi connectivity index (χ0v) is 29.5. The highest BCUT2D eigenvalue weighted by Gasteiger charge is 2.45. The van der Waals surface area contributed by atoms with Crippen LogP contribution in [0.4, 0.5) is 19.4 Å². The Balaban J connectivity index is 1.20. The van der Waals surface area contributed by atoms with Crippen LogP contribution in [0, 0.1) is 12.7 Å². The van der Waals surface area contributed by atoms with Crippen LogP contribution < -0.4 is 16.2 Å². The smallest absolute Gasteiger partial charge is 0.407 e. The lowest BCUT2D eigenvalue weighted by molar-refractivity contribution is 0.0521. The summed E-state index contributed by atoms with van der Waals surface area (Å²) in [5, 5.41) is 7.03. The van der Waals surface area contributed by atoms with E-state index in [2.05, 4.69) is 49.8 Å². The molecule has 9 nitrogen and oxygen atoms in total. The van der Waals surface area contributed by atoms with E-state index in [-0.39, 0.29) is 17.4 Å². The molecule has 2 aliphatic rings. The first-order chi connectivity index (χ1) is 23.8. The lowest BCUT2D eigenvalue weighted by atomic mass is 9.87. The molecule has 264 valence electrons. The Hall–Kier alpha value is -4.64. The van der Waals surface area contributed by atoms with Crippen molar-refractivity contribution in [2.75, 3.05) is 38.2 Å². The minimum atomic E-state index is -0.763. The van der Waals surface area contributed by atoms with Crippen LogP contribution in [0.3, 0.4) is 0 Å². The fraction of sp³-hybridized carbons (Fsp3) is 0.436. The summed E-state index contributed by atoms with van der Waals surface area (Å²) in [6.45, 7) is 11.7. The highest BCUT2D eigenvalue weighted by molar-refractivity contribution is 5.88. The number of hydrogen-bond acceptors (Lipinski definition) is 7. The molecule has 1 amide bonds. The minimum absolute atomic E-state index is 0.141. The largest absolute Gasteiger partial charge is 0.444 e. The third-order valence-corrected chi connectivity index (χ3v) is 9.52. The molecule has 0 radical (unpaired) electrons. The Morgan fingerprint density at radius 2 is 1.66 bits per heavy atom. The summed E-state index contributed by atoms with van der Waals surface area (Å²) in [5.74, 6) is 0.851. The summed E-state index contributed by atoms with van der Waals surface area (Å²) in [5.41, 5.74) is 4.45. The Morgan fingerprint density at radius 3 is 2.26 bits per heavy atom. The van der Waals surface area contributed by atoms with Crippen molar-refractivity contribution < 1.29 is 18.3 Å². The number of pyridine rings is 1. The number of aromatic nitrogens is 3. The second-order valence-electron chi connectivity index (χ2n) is 14.5. The quantitative estimate of drug-likeness (QED) is 0.181. The second kappa shape index (κ2) is 14.3. The molecule has 1 saturated heterocycles. The standard InChI is InChI=1S/C39H46F2N6O3/c1-25(43-36-32-23-47(39(24-40)16-17-39)34(48)22-33(32)44-26(2)45-36)27-6-8-28(9-7-27)35(29-10-12-31(41)13-11-29)30-14-19-46(20-15-30)21-18-42-37(49)50-38(3,4)5/h6-13,22-23,25H,14-21,24H2,1-5H3,(H,42,49)(H,43,44,45)/t25-/m1/s1. The topological polar surface area (TPSA) is 101 Å². The molecule has 0 bridgehead atoms. The number of anilines is 1. The molecule has 1 saturated carbocycles. The number of aryl methyl sites for hydroxylation is 1. The maximum atomic E-state index is 14.0. The number of nitrogens with one attached hydrogen (secondary N) is 2. The van der Waals surface area contributed by atoms with Gasteiger partial charge in [-0.3, -0.25) is 4.79 Å². The van der Waals surface area contributed by atoms with Gasteiger partial charge in [0.2, 0.25) is 0 Å². The molecule has 1 aliphatic heterocycles. The molecular formula is C39H46F2N6O3. The van der Waals surface area contributed by atoms with Gasteiger partial charge < -0.3 is 24.8 Å². The van der Waals surface area contributed by atoms with Gasteiger partial charge in [0, 0.05) is 44.5 Å². The highest BCUT2D eigenvalue weighted by atomic mass is 19.1. The number of amides is 1. The van der Waals surface area contributed by atoms with Gasteiger partial charge in [0.15, 0.2) is 0 Å². The van der Waals surface area contributed by atoms with Crippen molar-refractivity contribution in [2.45, 2.75) is 77.5 Å². The zero-order chi connectivity index (χ0) is 35.6. The fourth-order valence-corrected chi connectivity index (χ4v) is 6.63. The van der Waals surface area contributed by atoms with E-state index >= 15 is 0 Å². The zero-order valence-electron chi connectivity index (χ0n) is 29.5. The van der Waals surface area contributed by atoms with Crippen LogP contribution in [-0.4, -0.2) is 64.0 Å². The van der Waals surface area contributed by atoms with Gasteiger partial charge in [-0.1, -0.05) is 42.0 Å². The maximum absolute atomic E-state index is 14.0. The number of fused-ring (bicyclic) bond motifs is 1. The van der Waals surface area contributed by atoms with Crippen LogP contribution in [0.15, 0.2) is 71.2 Å². The first-order valence-electron chi connectivity index (χ1n) is 17.4. The van der Waals surface area contributed by atoms with Gasteiger partial charge in [-0.05, 0) is 94.7 Å². The summed E-state index contributed by atoms with van der Waals surface area (Å²) >= 11 is 0. The third-order valence-electron chi connectivity index (χ3n) is 9.52. The molecule has 0 unspecified atom stereocenters. The fourth-order valence-electron chi connectivity index (χ4n) is 6.63. The van der Waals surface area contributed by atoms with Crippen molar-refractivity contribution in [2.24, 2.45) is 0 Å². The van der Waals surface area contributed by atoms with Gasteiger partial charge in [-0.2, -0.15) is 0 Å². The number of likely N-dealkylation sites (tertiary alicyclic amines) is 1. The van der Waals surface area contributed by atoms with Crippen LogP contribution in [-0.2, 0) is 10.3 Å². The van der Waals surface area contributed by atoms with Crippen molar-refractivity contribution in [3.8, 4) is 0 Å². The van der Waals surface area contributed by atoms with E-state index in [9.17, 15) is 18.4 Å². The van der Waals surface area contributed by atoms with Crippen LogP contribution in [0.1, 0.15) is 81.9 Å². The number of piperidine rings is 1. The number of rotatable bonds is 10. The number of hydrogen-bond donors (Lipinski definition) is 2. The summed E-state index contributed by atoms with van der Waals surface area (Å²) < 4.78 is 34.7. The van der Waals surface area contributed by atoms with E-state index in [1.165, 1.54) is 28.3 Å². The van der Waals surface area contributed by atoms with E-state index in [1.54, 1.807) is 13.1 Å². The molecule has 6 rings (SSSR count). The predicted molar refractivity (Wildman–Crippen MR) is 193 cm³/mol. The average molecular weight is 685 g/mol. The van der Waals surface area contributed by atoms with Crippen LogP contribution >= 0.6 is 0 Å². The predicted octanol–water partition coefficient (Wildman–Crippen LogP) is 7.29. The van der Waals surface area contributed by atoms with Crippen molar-refractivity contribution in [1.82, 2.24) is 24.8 Å². The highest BCUT2D eigenvalue weighted by Crippen LogP contribution is 2.43. The summed E-state index contributed by atoms with van der Waals surface area (Å²) in [6.07, 6.45) is 4.27. The lowest BCUT2D eigenvalue weighted by Gasteiger charge is -2.30. The van der Waals surface area contributed by atoms with Crippen molar-refractivity contribution in [1.29, 1.82) is 0 Å². The molecule has 0 spiro atoms. The number of alkyl halides is 1. The van der Waals surface area contributed by atoms with Crippen molar-refractivity contribution >= 4 is 28.4 Å². The van der Waals surface area contributed by atoms with Gasteiger partial charge in [0.1, 0.15) is 29.7 Å². The number of ether oxygens (including phenoxy) is 1. The SMILES string of the molecule is Cc1nc(N[C@H](C)c2ccc(C(=C3CCN(CCNC(=O)OC(C)(C)C)CC3)c3ccc(F)cc3)cc2)c2cn(C3(CF)CC3)c(=O)cc2n1. The second-order valence-corrected chi connectivity index (χ2v) is 14.5. The number of halogens is 2. The Kier molecular flexibility index (Phi) is 10.1. The van der Waals surface area contributed by atoms with Gasteiger partial charge in [-0.15, -0.1) is 0 Å². The number of carbonyl (C=O) groups is 1. The molecule has 1 atom stereocenters. The molecule has 2 aromatic carbocycles. The lowest BCUT2D eigenvalue weighted by Crippen LogP contribution is -2.40. The van der Waals surface area contributed by atoms with Crippen molar-refractivity contribution in [3.05, 3.63) is 105 Å². The summed E-state index contributed by atoms with van der Waals surface area (Å²) in [7, 11) is 0. The third kappa shape index (κ3) is 8.04. The van der Waals surface area contributed by atoms with Gasteiger partial charge >= 0.3 is 6.09 Å². The summed E-state index contributed by atoms with van der Waals surface area (Å²) in [6, 6.07) is 16.4. The van der Waals surface area contributed by atoms with E-state index in [4.69, 9.17) is 4.74 Å². The molecule has 1 aliphatic carbocycles. The number of alkyl carbamates (subject to hydrolysis) is 1. The Labute approximate surface area is 291 Å². The first-order valence-corrected chi connectivity index (χ1v) is 17.4. The molecule has 4 aromatic rings. The summed E-state index contributed by atoms with van der Waals surface area (Å²) in [4.78, 5) is 36.4. The van der Waals surface area contributed by atoms with E-state index in [1.807, 2.05) is 39.8 Å². The molecular weight excluding hydrogens is 638 g/mol. The Morgan fingerprint density at radius 1 is 1.02 bits per heavy atom. The molecule has 50 heavy (non-hydrogen) atoms. The number of benzene rings is 2. The molecule has 2 aromatic heterocycles. The number of nitrogens with zero attached hydrogens (tertiary/aromatic N) is 4. The molecule has 11 heteroatoms. The van der Waals surface area contributed by atoms with Gasteiger partial charge in [0.05, 0.1) is 16.4 Å². The van der Waals surface area contributed by atoms with Crippen LogP contribution in [0.2, 0.25) is 0 Å². The molecule has 2 N–H and O–H groups in total. The maximum Gasteiger partial charge on any atom is 0.407 e. The van der Waals surface area contributed by atoms with E-state index in [0.29, 0.717) is 41.9 Å². The number of carbonyl (C=O) groups excluding carboxylic acids is 1. The molecule has 3 heterocycles. The van der Waals surface area contributed by atoms with Crippen LogP contribution in [0.25, 0.3) is 16.5 Å². The normalized spacial score (nSPS) is 16.6. The average Bonchev–Trinajstić information content (AvgIpc) is 3.87. The van der Waals surface area contributed by atoms with Gasteiger partial charge in [-0.25, -0.2) is 23.5 Å². The monoisotopic (exact) mass is 684 g/mol. The first kappa shape index (κ1) is 35.2. The van der Waals surface area contributed by atoms with Crippen molar-refractivity contribution in [3.63, 3.8) is 0 Å². The minimum Gasteiger partial charge on any atom is -0.444 e. The van der Waals surface area contributed by atoms with E-state index in [0.717, 1.165) is 54.7 Å².